The van der Waals surface area contributed by atoms with Crippen molar-refractivity contribution in [3.63, 3.8) is 0 Å². The first-order chi connectivity index (χ1) is 9.50. The SMILES string of the molecule is Cc1nnc(NC(=O)C(C)(C)c2cccs2)n1C1CC1. The molecular weight excluding hydrogens is 272 g/mol. The van der Waals surface area contributed by atoms with E-state index in [1.165, 1.54) is 0 Å². The van der Waals surface area contributed by atoms with Gasteiger partial charge in [0.1, 0.15) is 5.82 Å². The van der Waals surface area contributed by atoms with Gasteiger partial charge in [0, 0.05) is 10.9 Å². The van der Waals surface area contributed by atoms with E-state index < -0.39 is 5.41 Å². The van der Waals surface area contributed by atoms with Crippen molar-refractivity contribution in [1.82, 2.24) is 14.8 Å². The molecule has 0 aliphatic heterocycles. The summed E-state index contributed by atoms with van der Waals surface area (Å²) in [5.74, 6) is 1.38. The van der Waals surface area contributed by atoms with Gasteiger partial charge >= 0.3 is 0 Å². The Hall–Kier alpha value is -1.69. The molecule has 2 aromatic heterocycles. The molecule has 0 bridgehead atoms. The molecule has 0 aromatic carbocycles. The highest BCUT2D eigenvalue weighted by atomic mass is 32.1. The number of nitrogens with zero attached hydrogens (tertiary/aromatic N) is 3. The largest absolute Gasteiger partial charge is 0.294 e. The first kappa shape index (κ1) is 13.3. The van der Waals surface area contributed by atoms with Crippen molar-refractivity contribution in [3.05, 3.63) is 28.2 Å². The van der Waals surface area contributed by atoms with Gasteiger partial charge in [0.15, 0.2) is 0 Å². The van der Waals surface area contributed by atoms with Crippen LogP contribution in [0.2, 0.25) is 0 Å². The van der Waals surface area contributed by atoms with Crippen LogP contribution in [-0.2, 0) is 10.2 Å². The number of carbonyl (C=O) groups is 1. The van der Waals surface area contributed by atoms with Gasteiger partial charge < -0.3 is 0 Å². The summed E-state index contributed by atoms with van der Waals surface area (Å²) in [5, 5.41) is 13.1. The Kier molecular flexibility index (Phi) is 3.12. The molecule has 1 aliphatic carbocycles. The van der Waals surface area contributed by atoms with Gasteiger partial charge in [-0.2, -0.15) is 0 Å². The van der Waals surface area contributed by atoms with Crippen molar-refractivity contribution in [2.24, 2.45) is 0 Å². The van der Waals surface area contributed by atoms with Crippen LogP contribution in [-0.4, -0.2) is 20.7 Å². The molecular formula is C14H18N4OS. The lowest BCUT2D eigenvalue weighted by Crippen LogP contribution is -2.34. The molecule has 0 saturated heterocycles. The van der Waals surface area contributed by atoms with Gasteiger partial charge in [-0.05, 0) is 45.1 Å². The van der Waals surface area contributed by atoms with Crippen LogP contribution in [0.1, 0.15) is 43.4 Å². The van der Waals surface area contributed by atoms with Crippen LogP contribution in [0.25, 0.3) is 0 Å². The van der Waals surface area contributed by atoms with Crippen molar-refractivity contribution in [1.29, 1.82) is 0 Å². The van der Waals surface area contributed by atoms with E-state index in [4.69, 9.17) is 0 Å². The molecule has 106 valence electrons. The van der Waals surface area contributed by atoms with Crippen molar-refractivity contribution in [2.75, 3.05) is 5.32 Å². The Morgan fingerprint density at radius 1 is 1.45 bits per heavy atom. The molecule has 0 unspecified atom stereocenters. The number of aryl methyl sites for hydroxylation is 1. The number of nitrogens with one attached hydrogen (secondary N) is 1. The standard InChI is InChI=1S/C14H18N4OS/c1-9-16-17-13(18(9)10-6-7-10)15-12(19)14(2,3)11-5-4-8-20-11/h4-5,8,10H,6-7H2,1-3H3,(H,15,17,19). The Bertz CT molecular complexity index is 626. The number of carbonyl (C=O) groups excluding carboxylic acids is 1. The van der Waals surface area contributed by atoms with Gasteiger partial charge in [-0.1, -0.05) is 6.07 Å². The average molecular weight is 290 g/mol. The molecule has 20 heavy (non-hydrogen) atoms. The maximum absolute atomic E-state index is 12.6. The van der Waals surface area contributed by atoms with Crippen molar-refractivity contribution in [3.8, 4) is 0 Å². The summed E-state index contributed by atoms with van der Waals surface area (Å²) in [5.41, 5.74) is -0.567. The molecule has 3 rings (SSSR count). The smallest absolute Gasteiger partial charge is 0.237 e. The van der Waals surface area contributed by atoms with E-state index in [9.17, 15) is 4.79 Å². The van der Waals surface area contributed by atoms with E-state index in [2.05, 4.69) is 15.5 Å². The summed E-state index contributed by atoms with van der Waals surface area (Å²) in [6.07, 6.45) is 2.27. The number of thiophene rings is 1. The van der Waals surface area contributed by atoms with Crippen LogP contribution < -0.4 is 5.32 Å². The molecule has 1 amide bonds. The van der Waals surface area contributed by atoms with E-state index in [-0.39, 0.29) is 5.91 Å². The number of aromatic nitrogens is 3. The highest BCUT2D eigenvalue weighted by Crippen LogP contribution is 2.38. The summed E-state index contributed by atoms with van der Waals surface area (Å²) >= 11 is 1.59. The van der Waals surface area contributed by atoms with Gasteiger partial charge in [-0.25, -0.2) is 0 Å². The van der Waals surface area contributed by atoms with Gasteiger partial charge in [-0.3, -0.25) is 14.7 Å². The highest BCUT2D eigenvalue weighted by Gasteiger charge is 2.34. The first-order valence-corrected chi connectivity index (χ1v) is 7.65. The minimum Gasteiger partial charge on any atom is -0.294 e. The number of hydrogen-bond donors (Lipinski definition) is 1. The molecule has 5 nitrogen and oxygen atoms in total. The van der Waals surface area contributed by atoms with Gasteiger partial charge in [0.25, 0.3) is 0 Å². The minimum absolute atomic E-state index is 0.0470. The van der Waals surface area contributed by atoms with Crippen LogP contribution in [0.4, 0.5) is 5.95 Å². The number of anilines is 1. The normalized spacial score (nSPS) is 15.3. The quantitative estimate of drug-likeness (QED) is 0.942. The fourth-order valence-corrected chi connectivity index (χ4v) is 3.08. The Labute approximate surface area is 122 Å². The third kappa shape index (κ3) is 2.24. The summed E-state index contributed by atoms with van der Waals surface area (Å²) in [6.45, 7) is 5.78. The summed E-state index contributed by atoms with van der Waals surface area (Å²) in [7, 11) is 0. The molecule has 1 saturated carbocycles. The molecule has 1 fully saturated rings. The van der Waals surface area contributed by atoms with Crippen molar-refractivity contribution in [2.45, 2.75) is 45.1 Å². The maximum atomic E-state index is 12.6. The van der Waals surface area contributed by atoms with Crippen molar-refractivity contribution < 1.29 is 4.79 Å². The minimum atomic E-state index is -0.567. The summed E-state index contributed by atoms with van der Waals surface area (Å²) in [4.78, 5) is 13.6. The molecule has 2 aromatic rings. The molecule has 6 heteroatoms. The lowest BCUT2D eigenvalue weighted by Gasteiger charge is -2.22. The lowest BCUT2D eigenvalue weighted by molar-refractivity contribution is -0.120. The molecule has 0 radical (unpaired) electrons. The number of rotatable bonds is 4. The average Bonchev–Trinajstić information content (AvgIpc) is 2.94. The van der Waals surface area contributed by atoms with Crippen LogP contribution >= 0.6 is 11.3 Å². The third-order valence-electron chi connectivity index (χ3n) is 3.71. The Balaban J connectivity index is 1.83. The van der Waals surface area contributed by atoms with Crippen LogP contribution in [0.5, 0.6) is 0 Å². The van der Waals surface area contributed by atoms with E-state index in [1.807, 2.05) is 42.9 Å². The molecule has 1 N–H and O–H groups in total. The maximum Gasteiger partial charge on any atom is 0.237 e. The predicted molar refractivity (Wildman–Crippen MR) is 79.0 cm³/mol. The fraction of sp³-hybridized carbons (Fsp3) is 0.500. The van der Waals surface area contributed by atoms with Gasteiger partial charge in [0.05, 0.1) is 5.41 Å². The van der Waals surface area contributed by atoms with E-state index >= 15 is 0 Å². The number of amides is 1. The fourth-order valence-electron chi connectivity index (χ4n) is 2.23. The number of hydrogen-bond acceptors (Lipinski definition) is 4. The van der Waals surface area contributed by atoms with Crippen LogP contribution in [0, 0.1) is 6.92 Å². The van der Waals surface area contributed by atoms with Crippen LogP contribution in [0.3, 0.4) is 0 Å². The third-order valence-corrected chi connectivity index (χ3v) is 4.90. The first-order valence-electron chi connectivity index (χ1n) is 6.77. The molecule has 1 aliphatic rings. The van der Waals surface area contributed by atoms with E-state index in [1.54, 1.807) is 11.3 Å². The zero-order valence-corrected chi connectivity index (χ0v) is 12.7. The monoisotopic (exact) mass is 290 g/mol. The van der Waals surface area contributed by atoms with Gasteiger partial charge in [-0.15, -0.1) is 21.5 Å². The zero-order chi connectivity index (χ0) is 14.3. The molecule has 2 heterocycles. The highest BCUT2D eigenvalue weighted by molar-refractivity contribution is 7.10. The topological polar surface area (TPSA) is 59.8 Å². The van der Waals surface area contributed by atoms with Gasteiger partial charge in [0.2, 0.25) is 11.9 Å². The molecule has 0 spiro atoms. The zero-order valence-electron chi connectivity index (χ0n) is 11.9. The Morgan fingerprint density at radius 2 is 2.20 bits per heavy atom. The van der Waals surface area contributed by atoms with E-state index in [0.717, 1.165) is 23.5 Å². The summed E-state index contributed by atoms with van der Waals surface area (Å²) < 4.78 is 2.03. The summed E-state index contributed by atoms with van der Waals surface area (Å²) in [6, 6.07) is 4.40. The molecule has 0 atom stereocenters. The van der Waals surface area contributed by atoms with Crippen molar-refractivity contribution >= 4 is 23.2 Å². The lowest BCUT2D eigenvalue weighted by atomic mass is 9.90. The Morgan fingerprint density at radius 3 is 2.80 bits per heavy atom. The second-order valence-corrected chi connectivity index (χ2v) is 6.68. The second kappa shape index (κ2) is 4.70. The van der Waals surface area contributed by atoms with E-state index in [0.29, 0.717) is 12.0 Å². The van der Waals surface area contributed by atoms with Crippen LogP contribution in [0.15, 0.2) is 17.5 Å². The predicted octanol–water partition coefficient (Wildman–Crippen LogP) is 2.90. The second-order valence-electron chi connectivity index (χ2n) is 5.73.